The summed E-state index contributed by atoms with van der Waals surface area (Å²) in [5.74, 6) is -0.0651. The van der Waals surface area contributed by atoms with Crippen molar-refractivity contribution in [3.63, 3.8) is 0 Å². The minimum absolute atomic E-state index is 0. The maximum absolute atomic E-state index is 10.9. The first-order chi connectivity index (χ1) is 10.3. The summed E-state index contributed by atoms with van der Waals surface area (Å²) in [6.45, 7) is 2.28. The second kappa shape index (κ2) is 21.2. The van der Waals surface area contributed by atoms with E-state index >= 15 is 0 Å². The van der Waals surface area contributed by atoms with Gasteiger partial charge in [0.25, 0.3) is 5.97 Å². The summed E-state index contributed by atoms with van der Waals surface area (Å²) >= 11 is 0. The molecular weight excluding hydrogens is 324 g/mol. The molecule has 0 atom stereocenters. The molecule has 0 unspecified atom stereocenters. The monoisotopic (exact) mass is 360 g/mol. The van der Waals surface area contributed by atoms with Crippen LogP contribution in [0.4, 0.5) is 0 Å². The van der Waals surface area contributed by atoms with Crippen LogP contribution >= 0.6 is 0 Å². The summed E-state index contributed by atoms with van der Waals surface area (Å²) in [4.78, 5) is 10.9. The van der Waals surface area contributed by atoms with Gasteiger partial charge in [0.05, 0.1) is 0 Å². The van der Waals surface area contributed by atoms with Crippen molar-refractivity contribution < 1.29 is 28.9 Å². The predicted molar refractivity (Wildman–Crippen MR) is 94.2 cm³/mol. The molecule has 0 amide bonds. The first-order valence-corrected chi connectivity index (χ1v) is 9.38. The molecule has 0 aromatic heterocycles. The zero-order valence-electron chi connectivity index (χ0n) is 15.3. The molecule has 0 spiro atoms. The summed E-state index contributed by atoms with van der Waals surface area (Å²) in [5.41, 5.74) is 0. The molecule has 0 fully saturated rings. The average molecular weight is 362 g/mol. The standard InChI is InChI=1S/C18H37BO2.Zn/c1-2-3-4-5-6-7-8-9-10-11-12-13-14-15-16-17-18(20)21-19;/h2-17,19H2,1H3;. The first-order valence-electron chi connectivity index (χ1n) is 9.38. The number of unbranched alkanes of at least 4 members (excludes halogenated alkanes) is 14. The smallest absolute Gasteiger partial charge is 0.325 e. The Morgan fingerprint density at radius 2 is 1.00 bits per heavy atom. The average Bonchev–Trinajstić information content (AvgIpc) is 2.50. The van der Waals surface area contributed by atoms with Crippen molar-refractivity contribution in [3.8, 4) is 0 Å². The number of hydrogen-bond acceptors (Lipinski definition) is 2. The molecule has 2 nitrogen and oxygen atoms in total. The van der Waals surface area contributed by atoms with Crippen LogP contribution in [0.2, 0.25) is 0 Å². The van der Waals surface area contributed by atoms with Crippen molar-refractivity contribution in [2.45, 2.75) is 110 Å². The van der Waals surface area contributed by atoms with E-state index in [1.807, 2.05) is 0 Å². The number of hydrogen-bond donors (Lipinski definition) is 0. The molecule has 0 heterocycles. The first kappa shape index (κ1) is 24.4. The molecule has 0 aliphatic heterocycles. The molecular formula is C18H37BO2Zn. The Balaban J connectivity index is 0. The van der Waals surface area contributed by atoms with Crippen LogP contribution < -0.4 is 0 Å². The second-order valence-electron chi connectivity index (χ2n) is 6.28. The normalized spacial score (nSPS) is 10.2. The van der Waals surface area contributed by atoms with Crippen LogP contribution in [-0.4, -0.2) is 14.0 Å². The molecule has 4 heteroatoms. The molecule has 126 valence electrons. The van der Waals surface area contributed by atoms with E-state index in [0.29, 0.717) is 6.42 Å². The SMILES string of the molecule is BOC(=O)CCCCCCCCCCCCCCCCC.[Zn]. The van der Waals surface area contributed by atoms with Crippen LogP contribution in [0, 0.1) is 0 Å². The number of carbonyl (C=O) groups excluding carboxylic acids is 1. The Bertz CT molecular complexity index is 225. The summed E-state index contributed by atoms with van der Waals surface area (Å²) in [6, 6.07) is 0. The van der Waals surface area contributed by atoms with E-state index in [0.717, 1.165) is 6.42 Å². The van der Waals surface area contributed by atoms with Gasteiger partial charge in [-0.1, -0.05) is 96.8 Å². The fourth-order valence-electron chi connectivity index (χ4n) is 2.74. The van der Waals surface area contributed by atoms with Crippen LogP contribution in [0.3, 0.4) is 0 Å². The van der Waals surface area contributed by atoms with Gasteiger partial charge in [0, 0.05) is 25.9 Å². The van der Waals surface area contributed by atoms with Gasteiger partial charge in [0.15, 0.2) is 0 Å². The zero-order chi connectivity index (χ0) is 15.6. The summed E-state index contributed by atoms with van der Waals surface area (Å²) in [7, 11) is 1.47. The quantitative estimate of drug-likeness (QED) is 0.274. The molecule has 22 heavy (non-hydrogen) atoms. The van der Waals surface area contributed by atoms with Gasteiger partial charge >= 0.3 is 8.05 Å². The molecule has 0 radical (unpaired) electrons. The Kier molecular flexibility index (Phi) is 23.5. The van der Waals surface area contributed by atoms with Gasteiger partial charge < -0.3 is 4.65 Å². The second-order valence-corrected chi connectivity index (χ2v) is 6.28. The van der Waals surface area contributed by atoms with E-state index in [-0.39, 0.29) is 25.4 Å². The third-order valence-electron chi connectivity index (χ3n) is 4.21. The summed E-state index contributed by atoms with van der Waals surface area (Å²) in [5, 5.41) is 0. The van der Waals surface area contributed by atoms with Crippen molar-refractivity contribution in [2.75, 3.05) is 0 Å². The fourth-order valence-corrected chi connectivity index (χ4v) is 2.74. The maximum Gasteiger partial charge on any atom is 0.325 e. The molecule has 0 saturated heterocycles. The molecule has 0 rings (SSSR count). The Morgan fingerprint density at radius 1 is 0.682 bits per heavy atom. The third-order valence-corrected chi connectivity index (χ3v) is 4.21. The van der Waals surface area contributed by atoms with E-state index in [2.05, 4.69) is 11.6 Å². The van der Waals surface area contributed by atoms with E-state index in [1.54, 1.807) is 0 Å². The van der Waals surface area contributed by atoms with Crippen molar-refractivity contribution >= 4 is 14.0 Å². The molecule has 0 aliphatic carbocycles. The van der Waals surface area contributed by atoms with E-state index < -0.39 is 0 Å². The van der Waals surface area contributed by atoms with Crippen molar-refractivity contribution in [2.24, 2.45) is 0 Å². The van der Waals surface area contributed by atoms with Gasteiger partial charge in [-0.05, 0) is 6.42 Å². The largest absolute Gasteiger partial charge is 0.543 e. The van der Waals surface area contributed by atoms with Crippen LogP contribution in [-0.2, 0) is 28.9 Å². The van der Waals surface area contributed by atoms with Gasteiger partial charge in [0.1, 0.15) is 0 Å². The predicted octanol–water partition coefficient (Wildman–Crippen LogP) is 5.34. The number of rotatable bonds is 16. The van der Waals surface area contributed by atoms with Crippen LogP contribution in [0.5, 0.6) is 0 Å². The molecule has 0 N–H and O–H groups in total. The van der Waals surface area contributed by atoms with Gasteiger partial charge in [0.2, 0.25) is 0 Å². The van der Waals surface area contributed by atoms with Crippen LogP contribution in [0.1, 0.15) is 110 Å². The van der Waals surface area contributed by atoms with Crippen molar-refractivity contribution in [3.05, 3.63) is 0 Å². The van der Waals surface area contributed by atoms with Crippen molar-refractivity contribution in [1.82, 2.24) is 0 Å². The third kappa shape index (κ3) is 20.2. The van der Waals surface area contributed by atoms with Gasteiger partial charge in [-0.3, -0.25) is 4.79 Å². The Hall–Kier alpha value is 0.158. The van der Waals surface area contributed by atoms with E-state index in [9.17, 15) is 4.79 Å². The van der Waals surface area contributed by atoms with E-state index in [1.165, 1.54) is 97.9 Å². The zero-order valence-corrected chi connectivity index (χ0v) is 18.3. The summed E-state index contributed by atoms with van der Waals surface area (Å²) in [6.07, 6.45) is 20.9. The Morgan fingerprint density at radius 3 is 1.32 bits per heavy atom. The molecule has 0 bridgehead atoms. The maximum atomic E-state index is 10.9. The Labute approximate surface area is 152 Å². The minimum atomic E-state index is -0.0651. The summed E-state index contributed by atoms with van der Waals surface area (Å²) < 4.78 is 4.63. The number of carbonyl (C=O) groups is 1. The van der Waals surface area contributed by atoms with Crippen molar-refractivity contribution in [1.29, 1.82) is 0 Å². The van der Waals surface area contributed by atoms with Gasteiger partial charge in [-0.2, -0.15) is 0 Å². The van der Waals surface area contributed by atoms with Gasteiger partial charge in [-0.15, -0.1) is 0 Å². The van der Waals surface area contributed by atoms with Gasteiger partial charge in [-0.25, -0.2) is 0 Å². The topological polar surface area (TPSA) is 26.3 Å². The molecule has 0 aromatic rings. The molecule has 0 saturated carbocycles. The van der Waals surface area contributed by atoms with Crippen LogP contribution in [0.25, 0.3) is 0 Å². The molecule has 0 aromatic carbocycles. The molecule has 0 aliphatic rings. The van der Waals surface area contributed by atoms with Crippen LogP contribution in [0.15, 0.2) is 0 Å². The minimum Gasteiger partial charge on any atom is -0.543 e. The fraction of sp³-hybridized carbons (Fsp3) is 0.944. The van der Waals surface area contributed by atoms with E-state index in [4.69, 9.17) is 0 Å².